The van der Waals surface area contributed by atoms with Crippen molar-refractivity contribution in [3.8, 4) is 0 Å². The summed E-state index contributed by atoms with van der Waals surface area (Å²) in [5.41, 5.74) is 1.01. The van der Waals surface area contributed by atoms with Gasteiger partial charge < -0.3 is 14.8 Å². The zero-order valence-electron chi connectivity index (χ0n) is 12.6. The van der Waals surface area contributed by atoms with Gasteiger partial charge in [-0.15, -0.1) is 0 Å². The van der Waals surface area contributed by atoms with Crippen molar-refractivity contribution in [1.29, 1.82) is 0 Å². The average Bonchev–Trinajstić information content (AvgIpc) is 2.97. The zero-order valence-corrected chi connectivity index (χ0v) is 12.6. The molecule has 22 heavy (non-hydrogen) atoms. The van der Waals surface area contributed by atoms with Gasteiger partial charge in [-0.1, -0.05) is 44.2 Å². The topological polar surface area (TPSA) is 79.5 Å². The van der Waals surface area contributed by atoms with Gasteiger partial charge in [-0.3, -0.25) is 4.79 Å². The van der Waals surface area contributed by atoms with E-state index in [1.165, 1.54) is 12.1 Å². The van der Waals surface area contributed by atoms with E-state index in [0.29, 0.717) is 5.92 Å². The monoisotopic (exact) mass is 301 g/mol. The fourth-order valence-corrected chi connectivity index (χ4v) is 2.24. The fourth-order valence-electron chi connectivity index (χ4n) is 2.24. The minimum absolute atomic E-state index is 0.00193. The summed E-state index contributed by atoms with van der Waals surface area (Å²) >= 11 is 0. The Balaban J connectivity index is 2.15. The number of nitrogens with one attached hydrogen (secondary N) is 1. The molecular weight excluding hydrogens is 282 g/mol. The smallest absolute Gasteiger partial charge is 0.371 e. The molecule has 2 aromatic rings. The van der Waals surface area contributed by atoms with Crippen LogP contribution >= 0.6 is 0 Å². The first kappa shape index (κ1) is 15.8. The van der Waals surface area contributed by atoms with Crippen LogP contribution in [0.4, 0.5) is 0 Å². The molecule has 116 valence electrons. The molecule has 1 aromatic heterocycles. The van der Waals surface area contributed by atoms with Crippen LogP contribution in [0, 0.1) is 5.92 Å². The second-order valence-electron chi connectivity index (χ2n) is 5.54. The summed E-state index contributed by atoms with van der Waals surface area (Å²) in [6.07, 6.45) is 0.780. The summed E-state index contributed by atoms with van der Waals surface area (Å²) in [5, 5.41) is 11.7. The Labute approximate surface area is 129 Å². The van der Waals surface area contributed by atoms with Crippen molar-refractivity contribution < 1.29 is 19.1 Å². The first-order valence-electron chi connectivity index (χ1n) is 7.16. The van der Waals surface area contributed by atoms with Crippen LogP contribution in [0.5, 0.6) is 0 Å². The third kappa shape index (κ3) is 3.97. The Bertz CT molecular complexity index is 646. The molecule has 0 saturated heterocycles. The molecule has 5 heteroatoms. The molecule has 2 N–H and O–H groups in total. The number of carbonyl (C=O) groups excluding carboxylic acids is 1. The quantitative estimate of drug-likeness (QED) is 0.856. The lowest BCUT2D eigenvalue weighted by molar-refractivity contribution is 0.0659. The number of rotatable bonds is 6. The molecule has 1 aromatic carbocycles. The maximum atomic E-state index is 12.2. The van der Waals surface area contributed by atoms with Crippen LogP contribution in [0.1, 0.15) is 53.0 Å². The Morgan fingerprint density at radius 1 is 1.09 bits per heavy atom. The molecule has 1 heterocycles. The Morgan fingerprint density at radius 3 is 2.27 bits per heavy atom. The van der Waals surface area contributed by atoms with E-state index < -0.39 is 11.9 Å². The van der Waals surface area contributed by atoms with Crippen molar-refractivity contribution in [2.45, 2.75) is 26.3 Å². The Kier molecular flexibility index (Phi) is 4.99. The van der Waals surface area contributed by atoms with Crippen LogP contribution < -0.4 is 5.32 Å². The van der Waals surface area contributed by atoms with Crippen molar-refractivity contribution >= 4 is 11.9 Å². The molecule has 0 saturated carbocycles. The maximum Gasteiger partial charge on any atom is 0.371 e. The van der Waals surface area contributed by atoms with E-state index in [2.05, 4.69) is 19.2 Å². The van der Waals surface area contributed by atoms with Crippen LogP contribution in [0.2, 0.25) is 0 Å². The summed E-state index contributed by atoms with van der Waals surface area (Å²) in [4.78, 5) is 23.0. The fraction of sp³-hybridized carbons (Fsp3) is 0.294. The molecular formula is C17H19NO4. The van der Waals surface area contributed by atoms with Gasteiger partial charge in [-0.25, -0.2) is 4.79 Å². The first-order valence-corrected chi connectivity index (χ1v) is 7.16. The predicted molar refractivity (Wildman–Crippen MR) is 81.8 cm³/mol. The predicted octanol–water partition coefficient (Wildman–Crippen LogP) is 3.50. The Hall–Kier alpha value is -2.56. The standard InChI is InChI=1S/C17H19NO4/c1-11(2)10-13(12-6-4-3-5-7-12)18-16(19)14-8-9-15(22-14)17(20)21/h3-9,11,13H,10H2,1-2H3,(H,18,19)(H,20,21). The van der Waals surface area contributed by atoms with Gasteiger partial charge >= 0.3 is 5.97 Å². The summed E-state index contributed by atoms with van der Waals surface area (Å²) in [6.45, 7) is 4.16. The van der Waals surface area contributed by atoms with Gasteiger partial charge in [0.25, 0.3) is 5.91 Å². The number of aromatic carboxylic acids is 1. The van der Waals surface area contributed by atoms with E-state index in [1.807, 2.05) is 30.3 Å². The number of benzene rings is 1. The van der Waals surface area contributed by atoms with E-state index >= 15 is 0 Å². The zero-order chi connectivity index (χ0) is 16.1. The number of carboxylic acids is 1. The van der Waals surface area contributed by atoms with E-state index in [0.717, 1.165) is 12.0 Å². The second-order valence-corrected chi connectivity index (χ2v) is 5.54. The largest absolute Gasteiger partial charge is 0.475 e. The first-order chi connectivity index (χ1) is 10.5. The number of carboxylic acid groups (broad SMARTS) is 1. The molecule has 1 unspecified atom stereocenters. The van der Waals surface area contributed by atoms with Gasteiger partial charge in [-0.2, -0.15) is 0 Å². The molecule has 1 atom stereocenters. The minimum atomic E-state index is -1.19. The van der Waals surface area contributed by atoms with Crippen molar-refractivity contribution in [3.63, 3.8) is 0 Å². The molecule has 0 bridgehead atoms. The van der Waals surface area contributed by atoms with Gasteiger partial charge in [0.1, 0.15) is 0 Å². The summed E-state index contributed by atoms with van der Waals surface area (Å²) in [6, 6.07) is 12.2. The van der Waals surface area contributed by atoms with Crippen molar-refractivity contribution in [1.82, 2.24) is 5.32 Å². The lowest BCUT2D eigenvalue weighted by Gasteiger charge is -2.20. The van der Waals surface area contributed by atoms with Crippen LogP contribution in [0.25, 0.3) is 0 Å². The summed E-state index contributed by atoms with van der Waals surface area (Å²) in [7, 11) is 0. The van der Waals surface area contributed by atoms with E-state index in [1.54, 1.807) is 0 Å². The molecule has 0 fully saturated rings. The van der Waals surface area contributed by atoms with Gasteiger partial charge in [0.05, 0.1) is 6.04 Å². The van der Waals surface area contributed by atoms with Crippen molar-refractivity contribution in [3.05, 3.63) is 59.5 Å². The third-order valence-electron chi connectivity index (χ3n) is 3.25. The highest BCUT2D eigenvalue weighted by atomic mass is 16.4. The summed E-state index contributed by atoms with van der Waals surface area (Å²) in [5.74, 6) is -1.45. The van der Waals surface area contributed by atoms with E-state index in [-0.39, 0.29) is 17.6 Å². The highest BCUT2D eigenvalue weighted by Gasteiger charge is 2.20. The van der Waals surface area contributed by atoms with Crippen LogP contribution in [-0.4, -0.2) is 17.0 Å². The normalized spacial score (nSPS) is 12.1. The Morgan fingerprint density at radius 2 is 1.73 bits per heavy atom. The van der Waals surface area contributed by atoms with Crippen molar-refractivity contribution in [2.24, 2.45) is 5.92 Å². The molecule has 0 aliphatic heterocycles. The van der Waals surface area contributed by atoms with Gasteiger partial charge in [0.15, 0.2) is 5.76 Å². The van der Waals surface area contributed by atoms with Crippen molar-refractivity contribution in [2.75, 3.05) is 0 Å². The maximum absolute atomic E-state index is 12.2. The molecule has 0 aliphatic rings. The SMILES string of the molecule is CC(C)CC(NC(=O)c1ccc(C(=O)O)o1)c1ccccc1. The number of carbonyl (C=O) groups is 2. The number of hydrogen-bond acceptors (Lipinski definition) is 3. The van der Waals surface area contributed by atoms with Crippen LogP contribution in [-0.2, 0) is 0 Å². The second kappa shape index (κ2) is 6.93. The van der Waals surface area contributed by atoms with E-state index in [4.69, 9.17) is 9.52 Å². The van der Waals surface area contributed by atoms with Gasteiger partial charge in [-0.05, 0) is 30.0 Å². The lowest BCUT2D eigenvalue weighted by atomic mass is 9.97. The highest BCUT2D eigenvalue weighted by Crippen LogP contribution is 2.22. The third-order valence-corrected chi connectivity index (χ3v) is 3.25. The number of hydrogen-bond donors (Lipinski definition) is 2. The average molecular weight is 301 g/mol. The minimum Gasteiger partial charge on any atom is -0.475 e. The molecule has 5 nitrogen and oxygen atoms in total. The highest BCUT2D eigenvalue weighted by molar-refractivity contribution is 5.93. The number of amides is 1. The van der Waals surface area contributed by atoms with E-state index in [9.17, 15) is 9.59 Å². The number of furan rings is 1. The molecule has 0 spiro atoms. The molecule has 1 amide bonds. The molecule has 0 radical (unpaired) electrons. The van der Waals surface area contributed by atoms with Crippen LogP contribution in [0.15, 0.2) is 46.9 Å². The van der Waals surface area contributed by atoms with Gasteiger partial charge in [0.2, 0.25) is 5.76 Å². The summed E-state index contributed by atoms with van der Waals surface area (Å²) < 4.78 is 5.04. The van der Waals surface area contributed by atoms with Crippen LogP contribution in [0.3, 0.4) is 0 Å². The molecule has 2 rings (SSSR count). The van der Waals surface area contributed by atoms with Gasteiger partial charge in [0, 0.05) is 0 Å². The molecule has 0 aliphatic carbocycles. The lowest BCUT2D eigenvalue weighted by Crippen LogP contribution is -2.29.